The summed E-state index contributed by atoms with van der Waals surface area (Å²) < 4.78 is 0. The Kier molecular flexibility index (Phi) is 2.42. The lowest BCUT2D eigenvalue weighted by Gasteiger charge is -1.95. The van der Waals surface area contributed by atoms with E-state index in [-0.39, 0.29) is 0 Å². The van der Waals surface area contributed by atoms with Crippen molar-refractivity contribution in [3.63, 3.8) is 0 Å². The van der Waals surface area contributed by atoms with Crippen molar-refractivity contribution in [1.82, 2.24) is 5.41 Å². The van der Waals surface area contributed by atoms with Gasteiger partial charge in [-0.15, -0.1) is 0 Å². The van der Waals surface area contributed by atoms with Crippen LogP contribution in [0.1, 0.15) is 5.56 Å². The molecular weight excluding hydrogens is 134 g/mol. The van der Waals surface area contributed by atoms with E-state index in [0.717, 1.165) is 11.1 Å². The van der Waals surface area contributed by atoms with Gasteiger partial charge in [-0.25, -0.2) is 0 Å². The monoisotopic (exact) mass is 142 g/mol. The lowest BCUT2D eigenvalue weighted by Crippen LogP contribution is -1.76. The second-order valence-corrected chi connectivity index (χ2v) is 2.16. The van der Waals surface area contributed by atoms with Crippen molar-refractivity contribution >= 4 is 11.4 Å². The molecule has 11 heavy (non-hydrogen) atoms. The highest BCUT2D eigenvalue weighted by Crippen LogP contribution is 2.10. The minimum absolute atomic E-state index is 0.758. The Morgan fingerprint density at radius 3 is 2.55 bits per heavy atom. The van der Waals surface area contributed by atoms with E-state index in [4.69, 9.17) is 5.41 Å². The van der Waals surface area contributed by atoms with Gasteiger partial charge in [0, 0.05) is 11.9 Å². The van der Waals surface area contributed by atoms with E-state index < -0.39 is 0 Å². The van der Waals surface area contributed by atoms with Gasteiger partial charge in [0.1, 0.15) is 0 Å². The molecule has 0 atom stereocenters. The Hall–Kier alpha value is -1.59. The van der Waals surface area contributed by atoms with E-state index in [1.54, 1.807) is 0 Å². The van der Waals surface area contributed by atoms with Crippen LogP contribution < -0.4 is 5.41 Å². The van der Waals surface area contributed by atoms with Gasteiger partial charge in [0.05, 0.1) is 0 Å². The largest absolute Gasteiger partial charge is 0.0969 e. The van der Waals surface area contributed by atoms with Crippen LogP contribution in [0.15, 0.2) is 43.0 Å². The van der Waals surface area contributed by atoms with Gasteiger partial charge in [0.2, 0.25) is 0 Å². The van der Waals surface area contributed by atoms with Crippen LogP contribution in [-0.2, 0) is 0 Å². The van der Waals surface area contributed by atoms with Gasteiger partial charge >= 0.3 is 0 Å². The number of nitrogens with zero attached hydrogens (tertiary/aromatic N) is 1. The van der Waals surface area contributed by atoms with Crippen LogP contribution in [-0.4, -0.2) is 5.87 Å². The van der Waals surface area contributed by atoms with E-state index in [9.17, 15) is 0 Å². The van der Waals surface area contributed by atoms with E-state index >= 15 is 0 Å². The molecule has 1 aromatic rings. The van der Waals surface area contributed by atoms with Crippen LogP contribution in [0, 0.1) is 0 Å². The standard InChI is InChI=1S/C10H8N/c1-9(7-8-11)10-5-3-2-4-6-10/h2-7H,1H2. The molecule has 1 aromatic carbocycles. The maximum atomic E-state index is 8.33. The second kappa shape index (κ2) is 3.55. The molecule has 0 heterocycles. The molecular formula is C10H8N. The summed E-state index contributed by atoms with van der Waals surface area (Å²) in [5.74, 6) is 1.94. The molecule has 0 bridgehead atoms. The fourth-order valence-electron chi connectivity index (χ4n) is 0.813. The Morgan fingerprint density at radius 2 is 2.00 bits per heavy atom. The third kappa shape index (κ3) is 1.92. The van der Waals surface area contributed by atoms with Crippen molar-refractivity contribution in [2.75, 3.05) is 0 Å². The van der Waals surface area contributed by atoms with Crippen LogP contribution in [0.3, 0.4) is 0 Å². The number of hydrogen-bond donors (Lipinski definition) is 0. The maximum Gasteiger partial charge on any atom is 0.0120 e. The first-order valence-electron chi connectivity index (χ1n) is 3.32. The summed E-state index contributed by atoms with van der Waals surface area (Å²) in [4.78, 5) is 0. The number of hydrogen-bond acceptors (Lipinski definition) is 0. The molecule has 0 aliphatic rings. The number of rotatable bonds is 2. The minimum atomic E-state index is 0.758. The van der Waals surface area contributed by atoms with Crippen molar-refractivity contribution in [3.8, 4) is 0 Å². The van der Waals surface area contributed by atoms with Gasteiger partial charge < -0.3 is 0 Å². The summed E-state index contributed by atoms with van der Waals surface area (Å²) in [5.41, 5.74) is 1.75. The zero-order valence-corrected chi connectivity index (χ0v) is 6.12. The molecule has 1 heteroatoms. The summed E-state index contributed by atoms with van der Waals surface area (Å²) in [6.07, 6.45) is 1.44. The van der Waals surface area contributed by atoms with Gasteiger partial charge in [-0.3, -0.25) is 0 Å². The molecule has 0 amide bonds. The third-order valence-electron chi connectivity index (χ3n) is 1.38. The Balaban J connectivity index is 2.94. The number of allylic oxidation sites excluding steroid dienone is 2. The predicted molar refractivity (Wildman–Crippen MR) is 47.2 cm³/mol. The first-order chi connectivity index (χ1) is 5.34. The molecule has 0 N–H and O–H groups in total. The van der Waals surface area contributed by atoms with Crippen LogP contribution in [0.25, 0.3) is 5.57 Å². The molecule has 1 nitrogen and oxygen atoms in total. The SMILES string of the molecule is C=C(C=C=[N])c1ccccc1. The highest BCUT2D eigenvalue weighted by atomic mass is 14.3. The molecule has 53 valence electrons. The summed E-state index contributed by atoms with van der Waals surface area (Å²) in [7, 11) is 0. The molecule has 0 saturated carbocycles. The fourth-order valence-corrected chi connectivity index (χ4v) is 0.813. The average molecular weight is 142 g/mol. The van der Waals surface area contributed by atoms with Gasteiger partial charge in [-0.2, -0.15) is 0 Å². The smallest absolute Gasteiger partial charge is 0.0120 e. The fraction of sp³-hybridized carbons (Fsp3) is 0. The van der Waals surface area contributed by atoms with Gasteiger partial charge in [-0.05, 0) is 11.1 Å². The zero-order valence-electron chi connectivity index (χ0n) is 6.12. The second-order valence-electron chi connectivity index (χ2n) is 2.16. The third-order valence-corrected chi connectivity index (χ3v) is 1.38. The minimum Gasteiger partial charge on any atom is -0.0969 e. The van der Waals surface area contributed by atoms with E-state index in [1.807, 2.05) is 36.2 Å². The van der Waals surface area contributed by atoms with Crippen LogP contribution in [0.5, 0.6) is 0 Å². The summed E-state index contributed by atoms with van der Waals surface area (Å²) in [6, 6.07) is 9.63. The summed E-state index contributed by atoms with van der Waals surface area (Å²) in [5, 5.41) is 8.33. The first kappa shape index (κ1) is 7.52. The highest BCUT2D eigenvalue weighted by molar-refractivity contribution is 5.80. The molecule has 0 fully saturated rings. The maximum absolute atomic E-state index is 8.33. The molecule has 1 rings (SSSR count). The van der Waals surface area contributed by atoms with Crippen molar-refractivity contribution in [1.29, 1.82) is 0 Å². The Morgan fingerprint density at radius 1 is 1.36 bits per heavy atom. The van der Waals surface area contributed by atoms with E-state index in [0.29, 0.717) is 0 Å². The Labute approximate surface area is 66.2 Å². The molecule has 0 unspecified atom stereocenters. The Bertz CT molecular complexity index is 292. The lowest BCUT2D eigenvalue weighted by atomic mass is 10.1. The lowest BCUT2D eigenvalue weighted by molar-refractivity contribution is 1.63. The van der Waals surface area contributed by atoms with Crippen molar-refractivity contribution in [2.45, 2.75) is 0 Å². The highest BCUT2D eigenvalue weighted by Gasteiger charge is 1.90. The van der Waals surface area contributed by atoms with Gasteiger partial charge in [-0.1, -0.05) is 42.3 Å². The van der Waals surface area contributed by atoms with Crippen molar-refractivity contribution in [2.24, 2.45) is 0 Å². The average Bonchev–Trinajstić information content (AvgIpc) is 2.07. The van der Waals surface area contributed by atoms with Gasteiger partial charge in [0.15, 0.2) is 0 Å². The summed E-state index contributed by atoms with van der Waals surface area (Å²) in [6.45, 7) is 3.74. The van der Waals surface area contributed by atoms with Crippen LogP contribution in [0.2, 0.25) is 0 Å². The van der Waals surface area contributed by atoms with Gasteiger partial charge in [0.25, 0.3) is 0 Å². The first-order valence-corrected chi connectivity index (χ1v) is 3.32. The van der Waals surface area contributed by atoms with E-state index in [1.165, 1.54) is 6.08 Å². The van der Waals surface area contributed by atoms with Crippen LogP contribution >= 0.6 is 0 Å². The van der Waals surface area contributed by atoms with E-state index in [2.05, 4.69) is 6.58 Å². The topological polar surface area (TPSA) is 22.3 Å². The molecule has 0 aliphatic carbocycles. The van der Waals surface area contributed by atoms with Crippen LogP contribution in [0.4, 0.5) is 0 Å². The quantitative estimate of drug-likeness (QED) is 0.443. The van der Waals surface area contributed by atoms with Crippen molar-refractivity contribution < 1.29 is 0 Å². The van der Waals surface area contributed by atoms with Crippen molar-refractivity contribution in [3.05, 3.63) is 48.6 Å². The summed E-state index contributed by atoms with van der Waals surface area (Å²) >= 11 is 0. The molecule has 0 aromatic heterocycles. The molecule has 0 saturated heterocycles. The molecule has 0 aliphatic heterocycles. The predicted octanol–water partition coefficient (Wildman–Crippen LogP) is 1.73. The zero-order chi connectivity index (χ0) is 8.10. The molecule has 0 spiro atoms. The molecule has 1 radical (unpaired) electrons. The number of benzene rings is 1. The normalized spacial score (nSPS) is 8.36.